The van der Waals surface area contributed by atoms with Gasteiger partial charge in [0.05, 0.1) is 0 Å². The Bertz CT molecular complexity index is 124. The normalized spacial score (nSPS) is 53.4. The molecule has 4 unspecified atom stereocenters. The van der Waals surface area contributed by atoms with Gasteiger partial charge in [-0.1, -0.05) is 26.7 Å². The van der Waals surface area contributed by atoms with Crippen molar-refractivity contribution in [2.24, 2.45) is 23.7 Å². The molecular formula is C10H18. The van der Waals surface area contributed by atoms with Crippen LogP contribution in [-0.2, 0) is 0 Å². The molecule has 0 aromatic heterocycles. The van der Waals surface area contributed by atoms with Crippen molar-refractivity contribution in [3.63, 3.8) is 0 Å². The molecule has 10 heavy (non-hydrogen) atoms. The fraction of sp³-hybridized carbons (Fsp3) is 1.00. The van der Waals surface area contributed by atoms with Crippen LogP contribution in [0.1, 0.15) is 39.5 Å². The van der Waals surface area contributed by atoms with Gasteiger partial charge >= 0.3 is 0 Å². The molecule has 2 saturated carbocycles. The van der Waals surface area contributed by atoms with E-state index in [9.17, 15) is 0 Å². The maximum atomic E-state index is 2.45. The minimum absolute atomic E-state index is 1.04. The molecule has 58 valence electrons. The van der Waals surface area contributed by atoms with Crippen molar-refractivity contribution in [2.75, 3.05) is 0 Å². The summed E-state index contributed by atoms with van der Waals surface area (Å²) in [7, 11) is 0. The van der Waals surface area contributed by atoms with Gasteiger partial charge in [0.15, 0.2) is 0 Å². The lowest BCUT2D eigenvalue weighted by Crippen LogP contribution is -2.17. The average Bonchev–Trinajstić information content (AvgIpc) is 2.21. The summed E-state index contributed by atoms with van der Waals surface area (Å²) in [4.78, 5) is 0. The molecule has 2 bridgehead atoms. The first-order valence-corrected chi connectivity index (χ1v) is 4.77. The molecule has 0 N–H and O–H groups in total. The van der Waals surface area contributed by atoms with E-state index < -0.39 is 0 Å². The van der Waals surface area contributed by atoms with E-state index in [1.165, 1.54) is 19.3 Å². The summed E-state index contributed by atoms with van der Waals surface area (Å²) in [6.07, 6.45) is 6.14. The monoisotopic (exact) mass is 138 g/mol. The second kappa shape index (κ2) is 2.25. The van der Waals surface area contributed by atoms with Gasteiger partial charge in [-0.25, -0.2) is 0 Å². The van der Waals surface area contributed by atoms with E-state index in [0.29, 0.717) is 0 Å². The fourth-order valence-corrected chi connectivity index (χ4v) is 3.16. The Labute approximate surface area is 64.0 Å². The fourth-order valence-electron chi connectivity index (χ4n) is 3.16. The summed E-state index contributed by atoms with van der Waals surface area (Å²) < 4.78 is 0. The molecule has 4 atom stereocenters. The summed E-state index contributed by atoms with van der Waals surface area (Å²) in [6.45, 7) is 4.90. The van der Waals surface area contributed by atoms with Crippen molar-refractivity contribution in [3.8, 4) is 0 Å². The third-order valence-electron chi connectivity index (χ3n) is 3.80. The Morgan fingerprint density at radius 3 is 2.40 bits per heavy atom. The predicted octanol–water partition coefficient (Wildman–Crippen LogP) is 3.08. The number of hydrogen-bond acceptors (Lipinski definition) is 0. The van der Waals surface area contributed by atoms with Crippen molar-refractivity contribution in [2.45, 2.75) is 39.5 Å². The highest BCUT2D eigenvalue weighted by Crippen LogP contribution is 2.48. The lowest BCUT2D eigenvalue weighted by Gasteiger charge is -2.26. The molecule has 0 amide bonds. The molecule has 0 saturated heterocycles. The smallest absolute Gasteiger partial charge is 0.0360 e. The van der Waals surface area contributed by atoms with E-state index in [2.05, 4.69) is 13.8 Å². The van der Waals surface area contributed by atoms with Crippen LogP contribution >= 0.6 is 0 Å². The van der Waals surface area contributed by atoms with Crippen molar-refractivity contribution < 1.29 is 0 Å². The molecule has 0 aliphatic heterocycles. The first-order valence-electron chi connectivity index (χ1n) is 4.77. The van der Waals surface area contributed by atoms with E-state index in [1.807, 2.05) is 0 Å². The molecule has 2 aliphatic rings. The first-order chi connectivity index (χ1) is 4.77. The Morgan fingerprint density at radius 2 is 1.70 bits per heavy atom. The Morgan fingerprint density at radius 1 is 0.900 bits per heavy atom. The number of hydrogen-bond donors (Lipinski definition) is 0. The van der Waals surface area contributed by atoms with Crippen LogP contribution in [0.2, 0.25) is 0 Å². The Kier molecular flexibility index (Phi) is 1.51. The lowest BCUT2D eigenvalue weighted by atomic mass is 9.79. The van der Waals surface area contributed by atoms with Crippen LogP contribution in [0.25, 0.3) is 0 Å². The molecule has 2 aliphatic carbocycles. The molecule has 0 heteroatoms. The van der Waals surface area contributed by atoms with Crippen LogP contribution in [0.5, 0.6) is 0 Å². The van der Waals surface area contributed by atoms with Crippen LogP contribution in [0, 0.1) is 23.7 Å². The SMILES string of the molecule is CC1CCC2CC(C)C1C2. The maximum absolute atomic E-state index is 2.45. The standard InChI is InChI=1S/C10H18/c1-7-3-4-9-5-8(2)10(7)6-9/h7-10H,3-6H2,1-2H3. The second-order valence-electron chi connectivity index (χ2n) is 4.53. The van der Waals surface area contributed by atoms with Gasteiger partial charge in [-0.15, -0.1) is 0 Å². The molecule has 0 heterocycles. The third kappa shape index (κ3) is 0.889. The zero-order valence-corrected chi connectivity index (χ0v) is 7.14. The molecule has 0 aromatic rings. The largest absolute Gasteiger partial charge is 0.0622 e. The minimum atomic E-state index is 1.04. The van der Waals surface area contributed by atoms with E-state index in [1.54, 1.807) is 6.42 Å². The molecular weight excluding hydrogens is 120 g/mol. The molecule has 0 radical (unpaired) electrons. The first kappa shape index (κ1) is 6.69. The quantitative estimate of drug-likeness (QED) is 0.482. The van der Waals surface area contributed by atoms with Crippen LogP contribution in [0.15, 0.2) is 0 Å². The molecule has 2 rings (SSSR count). The average molecular weight is 138 g/mol. The molecule has 0 nitrogen and oxygen atoms in total. The highest BCUT2D eigenvalue weighted by Gasteiger charge is 2.38. The highest BCUT2D eigenvalue weighted by molar-refractivity contribution is 4.88. The summed E-state index contributed by atoms with van der Waals surface area (Å²) in [6, 6.07) is 0. The predicted molar refractivity (Wildman–Crippen MR) is 43.8 cm³/mol. The summed E-state index contributed by atoms with van der Waals surface area (Å²) in [5, 5.41) is 0. The van der Waals surface area contributed by atoms with Crippen molar-refractivity contribution in [3.05, 3.63) is 0 Å². The zero-order chi connectivity index (χ0) is 7.14. The minimum Gasteiger partial charge on any atom is -0.0622 e. The van der Waals surface area contributed by atoms with Crippen molar-refractivity contribution >= 4 is 0 Å². The van der Waals surface area contributed by atoms with E-state index in [-0.39, 0.29) is 0 Å². The second-order valence-corrected chi connectivity index (χ2v) is 4.53. The summed E-state index contributed by atoms with van der Waals surface area (Å²) >= 11 is 0. The van der Waals surface area contributed by atoms with Gasteiger partial charge in [-0.3, -0.25) is 0 Å². The van der Waals surface area contributed by atoms with Crippen LogP contribution in [-0.4, -0.2) is 0 Å². The van der Waals surface area contributed by atoms with Gasteiger partial charge in [-0.05, 0) is 36.5 Å². The van der Waals surface area contributed by atoms with Gasteiger partial charge in [0.25, 0.3) is 0 Å². The Hall–Kier alpha value is 0. The maximum Gasteiger partial charge on any atom is -0.0360 e. The van der Waals surface area contributed by atoms with Gasteiger partial charge in [0, 0.05) is 0 Å². The number of fused-ring (bicyclic) bond motifs is 2. The van der Waals surface area contributed by atoms with Crippen molar-refractivity contribution in [1.82, 2.24) is 0 Å². The lowest BCUT2D eigenvalue weighted by molar-refractivity contribution is 0.238. The zero-order valence-electron chi connectivity index (χ0n) is 7.14. The van der Waals surface area contributed by atoms with E-state index >= 15 is 0 Å². The molecule has 2 fully saturated rings. The van der Waals surface area contributed by atoms with Crippen molar-refractivity contribution in [1.29, 1.82) is 0 Å². The molecule has 0 aromatic carbocycles. The van der Waals surface area contributed by atoms with E-state index in [0.717, 1.165) is 23.7 Å². The van der Waals surface area contributed by atoms with Crippen LogP contribution in [0.3, 0.4) is 0 Å². The van der Waals surface area contributed by atoms with Gasteiger partial charge in [0.1, 0.15) is 0 Å². The summed E-state index contributed by atoms with van der Waals surface area (Å²) in [5.41, 5.74) is 0. The van der Waals surface area contributed by atoms with Gasteiger partial charge < -0.3 is 0 Å². The number of rotatable bonds is 0. The summed E-state index contributed by atoms with van der Waals surface area (Å²) in [5.74, 6) is 4.30. The topological polar surface area (TPSA) is 0 Å². The third-order valence-corrected chi connectivity index (χ3v) is 3.80. The van der Waals surface area contributed by atoms with Crippen LogP contribution in [0.4, 0.5) is 0 Å². The molecule has 0 spiro atoms. The highest BCUT2D eigenvalue weighted by atomic mass is 14.4. The van der Waals surface area contributed by atoms with E-state index in [4.69, 9.17) is 0 Å². The van der Waals surface area contributed by atoms with Crippen LogP contribution < -0.4 is 0 Å². The van der Waals surface area contributed by atoms with Gasteiger partial charge in [0.2, 0.25) is 0 Å². The van der Waals surface area contributed by atoms with Gasteiger partial charge in [-0.2, -0.15) is 0 Å². The Balaban J connectivity index is 2.10.